The van der Waals surface area contributed by atoms with E-state index >= 15 is 0 Å². The van der Waals surface area contributed by atoms with Crippen molar-refractivity contribution in [3.8, 4) is 5.69 Å². The van der Waals surface area contributed by atoms with Crippen LogP contribution in [0, 0.1) is 0 Å². The third-order valence-electron chi connectivity index (χ3n) is 2.79. The first-order valence-corrected chi connectivity index (χ1v) is 7.86. The molecule has 0 amide bonds. The lowest BCUT2D eigenvalue weighted by atomic mass is 10.3. The molecule has 0 unspecified atom stereocenters. The Hall–Kier alpha value is -1.70. The van der Waals surface area contributed by atoms with E-state index in [9.17, 15) is 8.42 Å². The molecule has 0 aliphatic rings. The average molecular weight is 294 g/mol. The number of benzene rings is 1. The lowest BCUT2D eigenvalue weighted by Crippen LogP contribution is -2.26. The number of hydrogen-bond donors (Lipinski definition) is 2. The van der Waals surface area contributed by atoms with Gasteiger partial charge in [-0.15, -0.1) is 0 Å². The number of nitrogens with one attached hydrogen (secondary N) is 2. The smallest absolute Gasteiger partial charge is 0.243 e. The van der Waals surface area contributed by atoms with Crippen LogP contribution in [0.15, 0.2) is 47.6 Å². The molecule has 2 rings (SSSR count). The molecule has 2 N–H and O–H groups in total. The summed E-state index contributed by atoms with van der Waals surface area (Å²) in [6.45, 7) is 1.17. The molecule has 20 heavy (non-hydrogen) atoms. The minimum absolute atomic E-state index is 0.172. The van der Waals surface area contributed by atoms with Gasteiger partial charge in [0.15, 0.2) is 0 Å². The van der Waals surface area contributed by atoms with Crippen molar-refractivity contribution in [2.75, 3.05) is 20.1 Å². The first kappa shape index (κ1) is 14.7. The van der Waals surface area contributed by atoms with Crippen LogP contribution in [0.3, 0.4) is 0 Å². The summed E-state index contributed by atoms with van der Waals surface area (Å²) in [4.78, 5) is 0.172. The summed E-state index contributed by atoms with van der Waals surface area (Å²) in [6, 6.07) is 9.38. The highest BCUT2D eigenvalue weighted by atomic mass is 32.2. The average Bonchev–Trinajstić information content (AvgIpc) is 2.95. The van der Waals surface area contributed by atoms with Crippen molar-refractivity contribution in [3.05, 3.63) is 42.7 Å². The van der Waals surface area contributed by atoms with E-state index in [0.717, 1.165) is 18.7 Å². The number of rotatable bonds is 7. The normalized spacial score (nSPS) is 11.7. The van der Waals surface area contributed by atoms with Crippen LogP contribution < -0.4 is 10.0 Å². The van der Waals surface area contributed by atoms with Gasteiger partial charge in [-0.25, -0.2) is 17.8 Å². The van der Waals surface area contributed by atoms with Gasteiger partial charge in [0.05, 0.1) is 18.1 Å². The molecule has 0 saturated heterocycles. The van der Waals surface area contributed by atoms with Gasteiger partial charge in [0, 0.05) is 6.54 Å². The zero-order valence-electron chi connectivity index (χ0n) is 11.3. The third-order valence-corrected chi connectivity index (χ3v) is 4.20. The summed E-state index contributed by atoms with van der Waals surface area (Å²) in [5.41, 5.74) is 0.823. The topological polar surface area (TPSA) is 76.0 Å². The molecular formula is C13H18N4O2S. The van der Waals surface area contributed by atoms with Crippen molar-refractivity contribution in [1.29, 1.82) is 0 Å². The molecule has 6 nitrogen and oxygen atoms in total. The van der Waals surface area contributed by atoms with Gasteiger partial charge in [-0.1, -0.05) is 18.2 Å². The quantitative estimate of drug-likeness (QED) is 0.739. The molecule has 0 bridgehead atoms. The fourth-order valence-corrected chi connectivity index (χ4v) is 2.73. The van der Waals surface area contributed by atoms with Crippen molar-refractivity contribution >= 4 is 10.0 Å². The second kappa shape index (κ2) is 6.65. The number of para-hydroxylation sites is 1. The van der Waals surface area contributed by atoms with E-state index in [0.29, 0.717) is 6.54 Å². The van der Waals surface area contributed by atoms with Crippen molar-refractivity contribution in [2.24, 2.45) is 0 Å². The van der Waals surface area contributed by atoms with E-state index in [4.69, 9.17) is 0 Å². The summed E-state index contributed by atoms with van der Waals surface area (Å²) < 4.78 is 28.2. The molecule has 1 aromatic carbocycles. The van der Waals surface area contributed by atoms with Crippen molar-refractivity contribution in [1.82, 2.24) is 19.8 Å². The molecule has 108 valence electrons. The molecule has 0 aliphatic carbocycles. The van der Waals surface area contributed by atoms with Gasteiger partial charge >= 0.3 is 0 Å². The molecule has 0 saturated carbocycles. The highest BCUT2D eigenvalue weighted by Gasteiger charge is 2.15. The Bertz CT molecular complexity index is 637. The minimum atomic E-state index is -3.49. The Balaban J connectivity index is 2.08. The SMILES string of the molecule is CNCCCNS(=O)(=O)c1cnn(-c2ccccc2)c1. The summed E-state index contributed by atoms with van der Waals surface area (Å²) in [7, 11) is -1.66. The van der Waals surface area contributed by atoms with Crippen molar-refractivity contribution < 1.29 is 8.42 Å². The lowest BCUT2D eigenvalue weighted by Gasteiger charge is -2.04. The fraction of sp³-hybridized carbons (Fsp3) is 0.308. The zero-order chi connectivity index (χ0) is 14.4. The second-order valence-electron chi connectivity index (χ2n) is 4.31. The summed E-state index contributed by atoms with van der Waals surface area (Å²) in [6.07, 6.45) is 3.60. The van der Waals surface area contributed by atoms with Gasteiger partial charge in [0.2, 0.25) is 10.0 Å². The number of hydrogen-bond acceptors (Lipinski definition) is 4. The highest BCUT2D eigenvalue weighted by molar-refractivity contribution is 7.89. The molecule has 1 aromatic heterocycles. The molecule has 1 heterocycles. The zero-order valence-corrected chi connectivity index (χ0v) is 12.1. The predicted octanol–water partition coefficient (Wildman–Crippen LogP) is 0.760. The van der Waals surface area contributed by atoms with Crippen molar-refractivity contribution in [2.45, 2.75) is 11.3 Å². The maximum absolute atomic E-state index is 12.1. The van der Waals surface area contributed by atoms with Crippen LogP contribution in [-0.2, 0) is 10.0 Å². The van der Waals surface area contributed by atoms with Crippen LogP contribution in [0.2, 0.25) is 0 Å². The molecule has 2 aromatic rings. The van der Waals surface area contributed by atoms with Gasteiger partial charge in [-0.2, -0.15) is 5.10 Å². The van der Waals surface area contributed by atoms with E-state index in [1.165, 1.54) is 12.4 Å². The molecule has 7 heteroatoms. The Labute approximate surface area is 118 Å². The molecular weight excluding hydrogens is 276 g/mol. The Morgan fingerprint density at radius 3 is 2.65 bits per heavy atom. The minimum Gasteiger partial charge on any atom is -0.320 e. The summed E-state index contributed by atoms with van der Waals surface area (Å²) in [5.74, 6) is 0. The number of nitrogens with zero attached hydrogens (tertiary/aromatic N) is 2. The maximum Gasteiger partial charge on any atom is 0.243 e. The van der Waals surface area contributed by atoms with Crippen LogP contribution in [-0.4, -0.2) is 38.3 Å². The standard InChI is InChI=1S/C13H18N4O2S/c1-14-8-5-9-16-20(18,19)13-10-15-17(11-13)12-6-3-2-4-7-12/h2-4,6-7,10-11,14,16H,5,8-9H2,1H3. The van der Waals surface area contributed by atoms with Crippen LogP contribution in [0.5, 0.6) is 0 Å². The first-order valence-electron chi connectivity index (χ1n) is 6.38. The summed E-state index contributed by atoms with van der Waals surface area (Å²) >= 11 is 0. The van der Waals surface area contributed by atoms with E-state index in [1.807, 2.05) is 37.4 Å². The first-order chi connectivity index (χ1) is 9.63. The maximum atomic E-state index is 12.1. The molecule has 0 atom stereocenters. The van der Waals surface area contributed by atoms with Crippen LogP contribution in [0.25, 0.3) is 5.69 Å². The van der Waals surface area contributed by atoms with Gasteiger partial charge in [0.25, 0.3) is 0 Å². The van der Waals surface area contributed by atoms with E-state index in [-0.39, 0.29) is 4.90 Å². The third kappa shape index (κ3) is 3.66. The molecule has 0 aliphatic heterocycles. The molecule has 0 spiro atoms. The van der Waals surface area contributed by atoms with Gasteiger partial charge in [-0.05, 0) is 32.1 Å². The lowest BCUT2D eigenvalue weighted by molar-refractivity contribution is 0.577. The van der Waals surface area contributed by atoms with Crippen LogP contribution in [0.1, 0.15) is 6.42 Å². The van der Waals surface area contributed by atoms with E-state index in [2.05, 4.69) is 15.1 Å². The highest BCUT2D eigenvalue weighted by Crippen LogP contribution is 2.11. The molecule has 0 radical (unpaired) electrons. The van der Waals surface area contributed by atoms with Gasteiger partial charge < -0.3 is 5.32 Å². The van der Waals surface area contributed by atoms with Gasteiger partial charge in [0.1, 0.15) is 4.90 Å². The number of sulfonamides is 1. The van der Waals surface area contributed by atoms with E-state index < -0.39 is 10.0 Å². The fourth-order valence-electron chi connectivity index (χ4n) is 1.72. The molecule has 0 fully saturated rings. The number of aromatic nitrogens is 2. The van der Waals surface area contributed by atoms with E-state index in [1.54, 1.807) is 4.68 Å². The van der Waals surface area contributed by atoms with Crippen molar-refractivity contribution in [3.63, 3.8) is 0 Å². The largest absolute Gasteiger partial charge is 0.320 e. The second-order valence-corrected chi connectivity index (χ2v) is 6.08. The summed E-state index contributed by atoms with van der Waals surface area (Å²) in [5, 5.41) is 7.05. The Morgan fingerprint density at radius 2 is 1.95 bits per heavy atom. The van der Waals surface area contributed by atoms with Gasteiger partial charge in [-0.3, -0.25) is 0 Å². The van der Waals surface area contributed by atoms with Crippen LogP contribution >= 0.6 is 0 Å². The Morgan fingerprint density at radius 1 is 1.20 bits per heavy atom. The van der Waals surface area contributed by atoms with Crippen LogP contribution in [0.4, 0.5) is 0 Å². The predicted molar refractivity (Wildman–Crippen MR) is 77.3 cm³/mol. The monoisotopic (exact) mass is 294 g/mol. The Kier molecular flexibility index (Phi) is 4.89.